The van der Waals surface area contributed by atoms with E-state index in [1.807, 2.05) is 48.9 Å². The van der Waals surface area contributed by atoms with E-state index < -0.39 is 0 Å². The molecule has 0 radical (unpaired) electrons. The second-order valence-electron chi connectivity index (χ2n) is 7.82. The predicted octanol–water partition coefficient (Wildman–Crippen LogP) is 3.50. The molecule has 29 heavy (non-hydrogen) atoms. The van der Waals surface area contributed by atoms with E-state index in [9.17, 15) is 10.1 Å². The first-order chi connectivity index (χ1) is 13.8. The van der Waals surface area contributed by atoms with Crippen LogP contribution in [0, 0.1) is 16.9 Å². The average molecular weight is 411 g/mol. The fraction of sp³-hybridized carbons (Fsp3) is 0.333. The Hall–Kier alpha value is -3.11. The largest absolute Gasteiger partial charge is 0.331 e. The van der Waals surface area contributed by atoms with Crippen molar-refractivity contribution in [2.75, 3.05) is 18.0 Å². The fourth-order valence-electron chi connectivity index (χ4n) is 3.31. The molecule has 1 N–H and O–H groups in total. The number of pyridine rings is 1. The smallest absolute Gasteiger partial charge is 0.252 e. The molecule has 3 rings (SSSR count). The van der Waals surface area contributed by atoms with Crippen LogP contribution in [0.5, 0.6) is 0 Å². The number of aromatic nitrogens is 1. The molecule has 0 spiro atoms. The van der Waals surface area contributed by atoms with Gasteiger partial charge in [-0.15, -0.1) is 4.99 Å². The third-order valence-electron chi connectivity index (χ3n) is 4.68. The van der Waals surface area contributed by atoms with Crippen LogP contribution < -0.4 is 10.2 Å². The minimum absolute atomic E-state index is 0.210. The van der Waals surface area contributed by atoms with Gasteiger partial charge in [0, 0.05) is 35.3 Å². The highest BCUT2D eigenvalue weighted by Gasteiger charge is 2.39. The van der Waals surface area contributed by atoms with Crippen molar-refractivity contribution in [3.05, 3.63) is 59.4 Å². The summed E-state index contributed by atoms with van der Waals surface area (Å²) in [5, 5.41) is 13.0. The van der Waals surface area contributed by atoms with E-state index in [-0.39, 0.29) is 17.5 Å². The van der Waals surface area contributed by atoms with Gasteiger partial charge >= 0.3 is 0 Å². The van der Waals surface area contributed by atoms with E-state index in [1.54, 1.807) is 36.7 Å². The number of nitrogens with zero attached hydrogens (tertiary/aromatic N) is 5. The zero-order valence-corrected chi connectivity index (χ0v) is 17.4. The Kier molecular flexibility index (Phi) is 6.04. The number of rotatable bonds is 4. The van der Waals surface area contributed by atoms with E-state index >= 15 is 0 Å². The number of aliphatic imine (C=N–C) groups is 1. The lowest BCUT2D eigenvalue weighted by molar-refractivity contribution is 0.0795. The van der Waals surface area contributed by atoms with Crippen LogP contribution in [-0.4, -0.2) is 41.0 Å². The monoisotopic (exact) mass is 410 g/mol. The van der Waals surface area contributed by atoms with Gasteiger partial charge in [-0.25, -0.2) is 0 Å². The summed E-state index contributed by atoms with van der Waals surface area (Å²) in [5.41, 5.74) is 1.05. The molecule has 2 heterocycles. The molecule has 1 atom stereocenters. The predicted molar refractivity (Wildman–Crippen MR) is 113 cm³/mol. The molecule has 8 heteroatoms. The van der Waals surface area contributed by atoms with Gasteiger partial charge in [0.2, 0.25) is 12.2 Å². The molecule has 2 aromatic rings. The minimum atomic E-state index is -0.376. The van der Waals surface area contributed by atoms with Crippen LogP contribution in [-0.2, 0) is 0 Å². The quantitative estimate of drug-likeness (QED) is 0.780. The van der Waals surface area contributed by atoms with Crippen molar-refractivity contribution in [2.45, 2.75) is 26.9 Å². The summed E-state index contributed by atoms with van der Waals surface area (Å²) in [6.45, 7) is 7.36. The molecule has 1 amide bonds. The third-order valence-corrected chi connectivity index (χ3v) is 4.93. The van der Waals surface area contributed by atoms with Crippen molar-refractivity contribution in [1.29, 1.82) is 5.26 Å². The lowest BCUT2D eigenvalue weighted by atomic mass is 9.91. The second-order valence-corrected chi connectivity index (χ2v) is 8.25. The molecule has 150 valence electrons. The topological polar surface area (TPSA) is 84.6 Å². The summed E-state index contributed by atoms with van der Waals surface area (Å²) in [4.78, 5) is 25.0. The zero-order valence-electron chi connectivity index (χ0n) is 16.6. The number of anilines is 1. The summed E-state index contributed by atoms with van der Waals surface area (Å²) >= 11 is 5.93. The number of amides is 1. The summed E-state index contributed by atoms with van der Waals surface area (Å²) in [5.74, 6) is 0.287. The Morgan fingerprint density at radius 3 is 2.59 bits per heavy atom. The van der Waals surface area contributed by atoms with Gasteiger partial charge in [-0.1, -0.05) is 32.4 Å². The van der Waals surface area contributed by atoms with E-state index in [0.717, 1.165) is 5.69 Å². The van der Waals surface area contributed by atoms with Gasteiger partial charge in [0.25, 0.3) is 5.91 Å². The second kappa shape index (κ2) is 8.50. The van der Waals surface area contributed by atoms with E-state index in [4.69, 9.17) is 11.6 Å². The highest BCUT2D eigenvalue weighted by Crippen LogP contribution is 2.28. The summed E-state index contributed by atoms with van der Waals surface area (Å²) in [6, 6.07) is 10.5. The molecule has 1 aliphatic rings. The van der Waals surface area contributed by atoms with E-state index in [0.29, 0.717) is 29.6 Å². The van der Waals surface area contributed by atoms with Gasteiger partial charge in [-0.05, 0) is 36.4 Å². The highest BCUT2D eigenvalue weighted by atomic mass is 35.5. The number of halogens is 1. The molecule has 0 aliphatic carbocycles. The molecule has 1 saturated heterocycles. The van der Waals surface area contributed by atoms with Crippen LogP contribution in [0.2, 0.25) is 5.02 Å². The van der Waals surface area contributed by atoms with Crippen molar-refractivity contribution in [2.24, 2.45) is 10.4 Å². The molecular formula is C21H23ClN6O. The first-order valence-electron chi connectivity index (χ1n) is 9.28. The number of carbonyl (C=O) groups excluding carboxylic acids is 1. The number of carbonyl (C=O) groups is 1. The van der Waals surface area contributed by atoms with Crippen LogP contribution in [0.25, 0.3) is 0 Å². The van der Waals surface area contributed by atoms with Crippen molar-refractivity contribution in [3.63, 3.8) is 0 Å². The van der Waals surface area contributed by atoms with Crippen molar-refractivity contribution >= 4 is 29.2 Å². The fourth-order valence-corrected chi connectivity index (χ4v) is 3.43. The van der Waals surface area contributed by atoms with Gasteiger partial charge in [-0.2, -0.15) is 5.26 Å². The lowest BCUT2D eigenvalue weighted by Crippen LogP contribution is -2.56. The molecular weight excluding hydrogens is 388 g/mol. The van der Waals surface area contributed by atoms with Gasteiger partial charge in [0.05, 0.1) is 11.9 Å². The first kappa shape index (κ1) is 20.6. The number of hydrogen-bond acceptors (Lipinski definition) is 4. The normalized spacial score (nSPS) is 16.6. The molecule has 1 aliphatic heterocycles. The number of hydrogen-bond donors (Lipinski definition) is 1. The van der Waals surface area contributed by atoms with Gasteiger partial charge in [-0.3, -0.25) is 9.78 Å². The third kappa shape index (κ3) is 4.66. The van der Waals surface area contributed by atoms with Crippen molar-refractivity contribution in [3.8, 4) is 6.19 Å². The summed E-state index contributed by atoms with van der Waals surface area (Å²) in [6.07, 6.45) is 4.95. The van der Waals surface area contributed by atoms with Crippen LogP contribution in [0.3, 0.4) is 0 Å². The lowest BCUT2D eigenvalue weighted by Gasteiger charge is -2.39. The van der Waals surface area contributed by atoms with Crippen LogP contribution >= 0.6 is 11.6 Å². The Morgan fingerprint density at radius 2 is 2.00 bits per heavy atom. The molecule has 1 fully saturated rings. The molecule has 1 aromatic carbocycles. The van der Waals surface area contributed by atoms with E-state index in [2.05, 4.69) is 15.3 Å². The highest BCUT2D eigenvalue weighted by molar-refractivity contribution is 6.30. The standard InChI is InChI=1S/C21H23ClN6O/c1-21(2,3)19(26-18(29)15-6-8-16(22)9-7-15)28-12-11-27(20(28)25-14-23)17-5-4-10-24-13-17/h4-10,13,19H,11-12H2,1-3H3,(H,26,29). The molecule has 0 bridgehead atoms. The average Bonchev–Trinajstić information content (AvgIpc) is 3.09. The Labute approximate surface area is 175 Å². The Morgan fingerprint density at radius 1 is 1.28 bits per heavy atom. The van der Waals surface area contributed by atoms with Gasteiger partial charge in [0.1, 0.15) is 6.17 Å². The molecule has 0 saturated carbocycles. The number of benzene rings is 1. The van der Waals surface area contributed by atoms with Gasteiger partial charge < -0.3 is 15.1 Å². The van der Waals surface area contributed by atoms with Crippen LogP contribution in [0.4, 0.5) is 5.69 Å². The number of guanidine groups is 1. The Bertz CT molecular complexity index is 930. The maximum absolute atomic E-state index is 12.9. The molecule has 7 nitrogen and oxygen atoms in total. The number of nitriles is 1. The van der Waals surface area contributed by atoms with Crippen LogP contribution in [0.15, 0.2) is 53.8 Å². The Balaban J connectivity index is 1.90. The van der Waals surface area contributed by atoms with Crippen LogP contribution in [0.1, 0.15) is 31.1 Å². The first-order valence-corrected chi connectivity index (χ1v) is 9.66. The summed E-state index contributed by atoms with van der Waals surface area (Å²) < 4.78 is 0. The van der Waals surface area contributed by atoms with Crippen molar-refractivity contribution in [1.82, 2.24) is 15.2 Å². The maximum atomic E-state index is 12.9. The van der Waals surface area contributed by atoms with Crippen molar-refractivity contribution < 1.29 is 4.79 Å². The molecule has 1 unspecified atom stereocenters. The summed E-state index contributed by atoms with van der Waals surface area (Å²) in [7, 11) is 0. The SMILES string of the molecule is CC(C)(C)C(NC(=O)c1ccc(Cl)cc1)N1CCN(c2cccnc2)C1=NC#N. The zero-order chi connectivity index (χ0) is 21.0. The molecule has 1 aromatic heterocycles. The van der Waals surface area contributed by atoms with E-state index in [1.165, 1.54) is 0 Å². The number of nitrogens with one attached hydrogen (secondary N) is 1. The van der Waals surface area contributed by atoms with Gasteiger partial charge in [0.15, 0.2) is 0 Å². The maximum Gasteiger partial charge on any atom is 0.252 e. The minimum Gasteiger partial charge on any atom is -0.331 e.